The summed E-state index contributed by atoms with van der Waals surface area (Å²) in [4.78, 5) is 0. The van der Waals surface area contributed by atoms with Gasteiger partial charge >= 0.3 is 0 Å². The smallest absolute Gasteiger partial charge is 0.0728 e. The second-order valence-corrected chi connectivity index (χ2v) is 4.79. The molecule has 1 saturated heterocycles. The molecule has 14 heavy (non-hydrogen) atoms. The van der Waals surface area contributed by atoms with Gasteiger partial charge in [-0.2, -0.15) is 0 Å². The Bertz CT molecular complexity index is 162. The highest BCUT2D eigenvalue weighted by atomic mass is 16.5. The van der Waals surface area contributed by atoms with Crippen molar-refractivity contribution in [1.82, 2.24) is 5.32 Å². The normalized spacial score (nSPS) is 29.4. The Labute approximate surface area is 87.4 Å². The summed E-state index contributed by atoms with van der Waals surface area (Å²) in [6.07, 6.45) is 8.54. The van der Waals surface area contributed by atoms with E-state index >= 15 is 0 Å². The van der Waals surface area contributed by atoms with Gasteiger partial charge in [0.2, 0.25) is 0 Å². The Balaban J connectivity index is 1.76. The molecule has 0 amide bonds. The molecule has 82 valence electrons. The van der Waals surface area contributed by atoms with E-state index in [1.807, 2.05) is 0 Å². The van der Waals surface area contributed by atoms with Gasteiger partial charge in [0.15, 0.2) is 0 Å². The third kappa shape index (κ3) is 2.96. The summed E-state index contributed by atoms with van der Waals surface area (Å²) in [6.45, 7) is 4.37. The minimum atomic E-state index is 0.516. The van der Waals surface area contributed by atoms with E-state index in [-0.39, 0.29) is 0 Å². The molecule has 0 bridgehead atoms. The van der Waals surface area contributed by atoms with Crippen LogP contribution in [0.1, 0.15) is 45.4 Å². The summed E-state index contributed by atoms with van der Waals surface area (Å²) in [6, 6.07) is 0.643. The Morgan fingerprint density at radius 1 is 1.36 bits per heavy atom. The van der Waals surface area contributed by atoms with Crippen LogP contribution in [0.4, 0.5) is 0 Å². The Kier molecular flexibility index (Phi) is 3.82. The van der Waals surface area contributed by atoms with Crippen molar-refractivity contribution < 1.29 is 4.74 Å². The average molecular weight is 197 g/mol. The van der Waals surface area contributed by atoms with Gasteiger partial charge in [0.1, 0.15) is 0 Å². The van der Waals surface area contributed by atoms with E-state index in [2.05, 4.69) is 12.2 Å². The zero-order valence-electron chi connectivity index (χ0n) is 9.30. The van der Waals surface area contributed by atoms with Crippen LogP contribution in [0.15, 0.2) is 0 Å². The maximum atomic E-state index is 5.78. The first-order valence-electron chi connectivity index (χ1n) is 6.25. The van der Waals surface area contributed by atoms with Gasteiger partial charge < -0.3 is 10.1 Å². The standard InChI is InChI=1S/C12H23NO/c1-2-7-13-11(9-10-5-6-10)12-4-3-8-14-12/h10-13H,2-9H2,1H3. The molecule has 1 aliphatic heterocycles. The summed E-state index contributed by atoms with van der Waals surface area (Å²) >= 11 is 0. The highest BCUT2D eigenvalue weighted by molar-refractivity contribution is 4.86. The van der Waals surface area contributed by atoms with Gasteiger partial charge in [0.05, 0.1) is 6.10 Å². The topological polar surface area (TPSA) is 21.3 Å². The predicted octanol–water partition coefficient (Wildman–Crippen LogP) is 2.33. The molecular formula is C12H23NO. The molecule has 2 unspecified atom stereocenters. The minimum Gasteiger partial charge on any atom is -0.377 e. The van der Waals surface area contributed by atoms with Gasteiger partial charge in [-0.05, 0) is 38.1 Å². The monoisotopic (exact) mass is 197 g/mol. The Hall–Kier alpha value is -0.0800. The van der Waals surface area contributed by atoms with Crippen molar-refractivity contribution in [3.05, 3.63) is 0 Å². The maximum absolute atomic E-state index is 5.78. The average Bonchev–Trinajstić information content (AvgIpc) is 2.84. The van der Waals surface area contributed by atoms with Crippen molar-refractivity contribution in [1.29, 1.82) is 0 Å². The molecule has 0 radical (unpaired) electrons. The number of nitrogens with one attached hydrogen (secondary N) is 1. The van der Waals surface area contributed by atoms with Crippen LogP contribution in [0.5, 0.6) is 0 Å². The number of rotatable bonds is 6. The molecular weight excluding hydrogens is 174 g/mol. The van der Waals surface area contributed by atoms with Crippen LogP contribution in [0.2, 0.25) is 0 Å². The van der Waals surface area contributed by atoms with Crippen LogP contribution in [-0.2, 0) is 4.74 Å². The highest BCUT2D eigenvalue weighted by Gasteiger charge is 2.31. The van der Waals surface area contributed by atoms with E-state index in [0.717, 1.165) is 19.1 Å². The highest BCUT2D eigenvalue weighted by Crippen LogP contribution is 2.35. The number of hydrogen-bond acceptors (Lipinski definition) is 2. The van der Waals surface area contributed by atoms with Crippen molar-refractivity contribution in [2.45, 2.75) is 57.6 Å². The fourth-order valence-electron chi connectivity index (χ4n) is 2.33. The van der Waals surface area contributed by atoms with Crippen LogP contribution >= 0.6 is 0 Å². The van der Waals surface area contributed by atoms with Gasteiger partial charge in [0.25, 0.3) is 0 Å². The molecule has 2 rings (SSSR count). The summed E-state index contributed by atoms with van der Waals surface area (Å²) in [5, 5.41) is 3.66. The number of hydrogen-bond donors (Lipinski definition) is 1. The molecule has 1 saturated carbocycles. The lowest BCUT2D eigenvalue weighted by molar-refractivity contribution is 0.0738. The third-order valence-corrected chi connectivity index (χ3v) is 3.35. The fraction of sp³-hybridized carbons (Fsp3) is 1.00. The molecule has 2 nitrogen and oxygen atoms in total. The first-order chi connectivity index (χ1) is 6.90. The molecule has 1 heterocycles. The lowest BCUT2D eigenvalue weighted by atomic mass is 10.0. The zero-order chi connectivity index (χ0) is 9.80. The lowest BCUT2D eigenvalue weighted by Gasteiger charge is -2.24. The maximum Gasteiger partial charge on any atom is 0.0728 e. The summed E-state index contributed by atoms with van der Waals surface area (Å²) in [5.74, 6) is 1.01. The van der Waals surface area contributed by atoms with Crippen molar-refractivity contribution in [2.75, 3.05) is 13.2 Å². The van der Waals surface area contributed by atoms with Gasteiger partial charge in [-0.3, -0.25) is 0 Å². The van der Waals surface area contributed by atoms with Crippen LogP contribution in [0.25, 0.3) is 0 Å². The number of ether oxygens (including phenoxy) is 1. The quantitative estimate of drug-likeness (QED) is 0.705. The van der Waals surface area contributed by atoms with Gasteiger partial charge in [0, 0.05) is 12.6 Å². The molecule has 0 aromatic rings. The fourth-order valence-corrected chi connectivity index (χ4v) is 2.33. The van der Waals surface area contributed by atoms with Crippen LogP contribution < -0.4 is 5.32 Å². The van der Waals surface area contributed by atoms with Gasteiger partial charge in [-0.15, -0.1) is 0 Å². The SMILES string of the molecule is CCCNC(CC1CC1)C1CCCO1. The van der Waals surface area contributed by atoms with E-state index in [1.165, 1.54) is 38.5 Å². The van der Waals surface area contributed by atoms with Crippen LogP contribution in [0, 0.1) is 5.92 Å². The Morgan fingerprint density at radius 3 is 2.79 bits per heavy atom. The summed E-state index contributed by atoms with van der Waals surface area (Å²) in [7, 11) is 0. The molecule has 1 N–H and O–H groups in total. The van der Waals surface area contributed by atoms with Gasteiger partial charge in [-0.25, -0.2) is 0 Å². The summed E-state index contributed by atoms with van der Waals surface area (Å²) in [5.41, 5.74) is 0. The third-order valence-electron chi connectivity index (χ3n) is 3.35. The predicted molar refractivity (Wildman–Crippen MR) is 58.4 cm³/mol. The minimum absolute atomic E-state index is 0.516. The molecule has 2 fully saturated rings. The van der Waals surface area contributed by atoms with E-state index in [4.69, 9.17) is 4.74 Å². The molecule has 1 aliphatic carbocycles. The first kappa shape index (κ1) is 10.4. The second kappa shape index (κ2) is 5.13. The van der Waals surface area contributed by atoms with Crippen LogP contribution in [0.3, 0.4) is 0 Å². The molecule has 2 aliphatic rings. The molecule has 0 aromatic heterocycles. The molecule has 0 spiro atoms. The van der Waals surface area contributed by atoms with E-state index in [0.29, 0.717) is 12.1 Å². The lowest BCUT2D eigenvalue weighted by Crippen LogP contribution is -2.40. The largest absolute Gasteiger partial charge is 0.377 e. The first-order valence-corrected chi connectivity index (χ1v) is 6.25. The summed E-state index contributed by atoms with van der Waals surface area (Å²) < 4.78 is 5.78. The zero-order valence-corrected chi connectivity index (χ0v) is 9.30. The Morgan fingerprint density at radius 2 is 2.21 bits per heavy atom. The van der Waals surface area contributed by atoms with E-state index < -0.39 is 0 Å². The van der Waals surface area contributed by atoms with Crippen molar-refractivity contribution in [3.8, 4) is 0 Å². The molecule has 2 atom stereocenters. The molecule has 2 heteroatoms. The van der Waals surface area contributed by atoms with Crippen molar-refractivity contribution in [2.24, 2.45) is 5.92 Å². The van der Waals surface area contributed by atoms with E-state index in [9.17, 15) is 0 Å². The van der Waals surface area contributed by atoms with Gasteiger partial charge in [-0.1, -0.05) is 19.8 Å². The van der Waals surface area contributed by atoms with Crippen LogP contribution in [-0.4, -0.2) is 25.3 Å². The molecule has 0 aromatic carbocycles. The van der Waals surface area contributed by atoms with Crippen molar-refractivity contribution in [3.63, 3.8) is 0 Å². The van der Waals surface area contributed by atoms with Crippen molar-refractivity contribution >= 4 is 0 Å². The van der Waals surface area contributed by atoms with E-state index in [1.54, 1.807) is 0 Å². The second-order valence-electron chi connectivity index (χ2n) is 4.79.